The van der Waals surface area contributed by atoms with Crippen molar-refractivity contribution in [1.82, 2.24) is 0 Å². The topological polar surface area (TPSA) is 44.5 Å². The molecular weight excluding hydrogens is 286 g/mol. The summed E-state index contributed by atoms with van der Waals surface area (Å²) in [6.45, 7) is 0.516. The third-order valence-electron chi connectivity index (χ3n) is 3.62. The van der Waals surface area contributed by atoms with Crippen LogP contribution in [0.3, 0.4) is 0 Å². The van der Waals surface area contributed by atoms with Gasteiger partial charge in [-0.15, -0.1) is 0 Å². The molecule has 3 aromatic carbocycles. The number of benzene rings is 3. The minimum Gasteiger partial charge on any atom is -0.497 e. The van der Waals surface area contributed by atoms with Crippen LogP contribution in [0.4, 0.5) is 5.69 Å². The Hall–Kier alpha value is -2.94. The molecule has 3 aromatic rings. The lowest BCUT2D eigenvalue weighted by atomic mass is 10.0. The molecule has 0 fully saturated rings. The number of hydrogen-bond acceptors (Lipinski definition) is 3. The van der Waals surface area contributed by atoms with Crippen LogP contribution in [0.5, 0.6) is 11.5 Å². The summed E-state index contributed by atoms with van der Waals surface area (Å²) in [5, 5.41) is 0. The van der Waals surface area contributed by atoms with Crippen molar-refractivity contribution in [3.05, 3.63) is 78.4 Å². The van der Waals surface area contributed by atoms with Crippen LogP contribution in [0.2, 0.25) is 0 Å². The predicted octanol–water partition coefficient (Wildman–Crippen LogP) is 4.52. The van der Waals surface area contributed by atoms with Crippen LogP contribution in [0.25, 0.3) is 11.1 Å². The Bertz CT molecular complexity index is 785. The van der Waals surface area contributed by atoms with Gasteiger partial charge in [-0.2, -0.15) is 0 Å². The fraction of sp³-hybridized carbons (Fsp3) is 0.100. The second-order valence-corrected chi connectivity index (χ2v) is 5.26. The van der Waals surface area contributed by atoms with Crippen LogP contribution in [-0.2, 0) is 6.61 Å². The van der Waals surface area contributed by atoms with Crippen molar-refractivity contribution in [1.29, 1.82) is 0 Å². The number of rotatable bonds is 5. The van der Waals surface area contributed by atoms with Crippen molar-refractivity contribution in [2.75, 3.05) is 12.8 Å². The highest BCUT2D eigenvalue weighted by Gasteiger charge is 2.08. The number of nitrogens with two attached hydrogens (primary N) is 1. The van der Waals surface area contributed by atoms with Gasteiger partial charge in [0.15, 0.2) is 0 Å². The summed E-state index contributed by atoms with van der Waals surface area (Å²) in [6.07, 6.45) is 0. The molecule has 0 aliphatic carbocycles. The van der Waals surface area contributed by atoms with Gasteiger partial charge in [-0.3, -0.25) is 0 Å². The normalized spacial score (nSPS) is 10.3. The maximum Gasteiger partial charge on any atom is 0.127 e. The Morgan fingerprint density at radius 1 is 0.870 bits per heavy atom. The molecule has 0 heterocycles. The lowest BCUT2D eigenvalue weighted by Gasteiger charge is -2.13. The first-order valence-corrected chi connectivity index (χ1v) is 7.47. The number of methoxy groups -OCH3 is 1. The van der Waals surface area contributed by atoms with Crippen molar-refractivity contribution in [2.45, 2.75) is 6.61 Å². The van der Waals surface area contributed by atoms with E-state index in [0.717, 1.165) is 28.2 Å². The summed E-state index contributed by atoms with van der Waals surface area (Å²) in [6, 6.07) is 23.6. The minimum absolute atomic E-state index is 0.516. The van der Waals surface area contributed by atoms with E-state index < -0.39 is 0 Å². The van der Waals surface area contributed by atoms with Crippen LogP contribution in [0.1, 0.15) is 5.56 Å². The van der Waals surface area contributed by atoms with E-state index >= 15 is 0 Å². The lowest BCUT2D eigenvalue weighted by Crippen LogP contribution is -1.98. The highest BCUT2D eigenvalue weighted by molar-refractivity contribution is 5.74. The van der Waals surface area contributed by atoms with Gasteiger partial charge in [0.1, 0.15) is 18.1 Å². The molecule has 0 amide bonds. The molecule has 0 atom stereocenters. The van der Waals surface area contributed by atoms with E-state index in [0.29, 0.717) is 12.3 Å². The average molecular weight is 305 g/mol. The molecular formula is C20H19NO2. The predicted molar refractivity (Wildman–Crippen MR) is 93.6 cm³/mol. The van der Waals surface area contributed by atoms with Crippen LogP contribution in [0, 0.1) is 0 Å². The highest BCUT2D eigenvalue weighted by Crippen LogP contribution is 2.34. The molecule has 0 aliphatic heterocycles. The summed E-state index contributed by atoms with van der Waals surface area (Å²) >= 11 is 0. The summed E-state index contributed by atoms with van der Waals surface area (Å²) in [7, 11) is 1.66. The molecule has 116 valence electrons. The van der Waals surface area contributed by atoms with Gasteiger partial charge in [0, 0.05) is 11.3 Å². The maximum absolute atomic E-state index is 6.01. The van der Waals surface area contributed by atoms with Crippen molar-refractivity contribution < 1.29 is 9.47 Å². The SMILES string of the molecule is COc1cccc(-c2cc(N)ccc2OCc2ccccc2)c1. The van der Waals surface area contributed by atoms with Gasteiger partial charge < -0.3 is 15.2 Å². The molecule has 0 saturated heterocycles. The molecule has 23 heavy (non-hydrogen) atoms. The van der Waals surface area contributed by atoms with Gasteiger partial charge in [0.2, 0.25) is 0 Å². The Labute approximate surface area is 136 Å². The maximum atomic E-state index is 6.01. The summed E-state index contributed by atoms with van der Waals surface area (Å²) in [5.41, 5.74) is 9.76. The smallest absolute Gasteiger partial charge is 0.127 e. The van der Waals surface area contributed by atoms with Crippen molar-refractivity contribution in [3.8, 4) is 22.6 Å². The van der Waals surface area contributed by atoms with Crippen LogP contribution in [-0.4, -0.2) is 7.11 Å². The molecule has 0 radical (unpaired) electrons. The second-order valence-electron chi connectivity index (χ2n) is 5.26. The molecule has 2 N–H and O–H groups in total. The Morgan fingerprint density at radius 2 is 1.70 bits per heavy atom. The van der Waals surface area contributed by atoms with Crippen LogP contribution < -0.4 is 15.2 Å². The van der Waals surface area contributed by atoms with Crippen molar-refractivity contribution >= 4 is 5.69 Å². The molecule has 0 saturated carbocycles. The van der Waals surface area contributed by atoms with Crippen molar-refractivity contribution in [3.63, 3.8) is 0 Å². The van der Waals surface area contributed by atoms with Gasteiger partial charge in [-0.05, 0) is 41.5 Å². The first-order chi connectivity index (χ1) is 11.3. The van der Waals surface area contributed by atoms with Gasteiger partial charge in [0.25, 0.3) is 0 Å². The standard InChI is InChI=1S/C20H19NO2/c1-22-18-9-5-8-16(12-18)19-13-17(21)10-11-20(19)23-14-15-6-3-2-4-7-15/h2-13H,14,21H2,1H3. The third kappa shape index (κ3) is 3.64. The van der Waals surface area contributed by atoms with E-state index in [1.54, 1.807) is 7.11 Å². The molecule has 0 aliphatic rings. The van der Waals surface area contributed by atoms with Gasteiger partial charge in [-0.1, -0.05) is 42.5 Å². The summed E-state index contributed by atoms with van der Waals surface area (Å²) in [4.78, 5) is 0. The molecule has 0 aromatic heterocycles. The minimum atomic E-state index is 0.516. The monoisotopic (exact) mass is 305 g/mol. The zero-order chi connectivity index (χ0) is 16.1. The average Bonchev–Trinajstić information content (AvgIpc) is 2.61. The van der Waals surface area contributed by atoms with E-state index in [9.17, 15) is 0 Å². The fourth-order valence-corrected chi connectivity index (χ4v) is 2.42. The van der Waals surface area contributed by atoms with Gasteiger partial charge >= 0.3 is 0 Å². The number of ether oxygens (including phenoxy) is 2. The van der Waals surface area contributed by atoms with Crippen LogP contribution >= 0.6 is 0 Å². The van der Waals surface area contributed by atoms with E-state index in [2.05, 4.69) is 0 Å². The molecule has 3 rings (SSSR count). The summed E-state index contributed by atoms with van der Waals surface area (Å²) in [5.74, 6) is 1.61. The lowest BCUT2D eigenvalue weighted by molar-refractivity contribution is 0.307. The molecule has 0 unspecified atom stereocenters. The number of nitrogen functional groups attached to an aromatic ring is 1. The zero-order valence-corrected chi connectivity index (χ0v) is 13.0. The first-order valence-electron chi connectivity index (χ1n) is 7.47. The molecule has 0 bridgehead atoms. The Balaban J connectivity index is 1.91. The van der Waals surface area contributed by atoms with E-state index in [-0.39, 0.29) is 0 Å². The van der Waals surface area contributed by atoms with Gasteiger partial charge in [0.05, 0.1) is 7.11 Å². The first kappa shape index (κ1) is 15.0. The Morgan fingerprint density at radius 3 is 2.48 bits per heavy atom. The van der Waals surface area contributed by atoms with E-state index in [1.165, 1.54) is 0 Å². The quantitative estimate of drug-likeness (QED) is 0.705. The third-order valence-corrected chi connectivity index (χ3v) is 3.62. The molecule has 3 heteroatoms. The zero-order valence-electron chi connectivity index (χ0n) is 13.0. The molecule has 3 nitrogen and oxygen atoms in total. The van der Waals surface area contributed by atoms with Gasteiger partial charge in [-0.25, -0.2) is 0 Å². The fourth-order valence-electron chi connectivity index (χ4n) is 2.42. The van der Waals surface area contributed by atoms with E-state index in [1.807, 2.05) is 72.8 Å². The Kier molecular flexibility index (Phi) is 4.48. The largest absolute Gasteiger partial charge is 0.497 e. The second kappa shape index (κ2) is 6.88. The van der Waals surface area contributed by atoms with Crippen LogP contribution in [0.15, 0.2) is 72.8 Å². The van der Waals surface area contributed by atoms with E-state index in [4.69, 9.17) is 15.2 Å². The number of anilines is 1. The summed E-state index contributed by atoms with van der Waals surface area (Å²) < 4.78 is 11.3. The molecule has 0 spiro atoms. The van der Waals surface area contributed by atoms with Crippen molar-refractivity contribution in [2.24, 2.45) is 0 Å². The number of hydrogen-bond donors (Lipinski definition) is 1. The highest BCUT2D eigenvalue weighted by atomic mass is 16.5.